The molecule has 1 rings (SSSR count). The van der Waals surface area contributed by atoms with E-state index in [9.17, 15) is 14.4 Å². The Balaban J connectivity index is 2.44. The van der Waals surface area contributed by atoms with Gasteiger partial charge in [-0.3, -0.25) is 9.59 Å². The van der Waals surface area contributed by atoms with Gasteiger partial charge in [-0.1, -0.05) is 85.0 Å². The molecule has 1 aliphatic rings. The minimum Gasteiger partial charge on any atom is -0.461 e. The SMILES string of the molecule is CCCCCCCC(CC1OC(=O)C1CCCCCCCC(C)C)OC(=O)C(C)NC=O. The molecule has 0 aromatic heterocycles. The van der Waals surface area contributed by atoms with Crippen molar-refractivity contribution >= 4 is 18.3 Å². The molecule has 0 bridgehead atoms. The fourth-order valence-corrected chi connectivity index (χ4v) is 4.26. The summed E-state index contributed by atoms with van der Waals surface area (Å²) < 4.78 is 11.1. The highest BCUT2D eigenvalue weighted by atomic mass is 16.6. The molecule has 1 fully saturated rings. The number of cyclic esters (lactones) is 1. The van der Waals surface area contributed by atoms with Crippen molar-refractivity contribution < 1.29 is 23.9 Å². The number of carbonyl (C=O) groups excluding carboxylic acids is 3. The van der Waals surface area contributed by atoms with E-state index >= 15 is 0 Å². The predicted molar refractivity (Wildman–Crippen MR) is 127 cm³/mol. The molecule has 0 aromatic rings. The summed E-state index contributed by atoms with van der Waals surface area (Å²) in [4.78, 5) is 35.0. The van der Waals surface area contributed by atoms with Crippen LogP contribution in [0.3, 0.4) is 0 Å². The number of ether oxygens (including phenoxy) is 2. The number of rotatable bonds is 20. The zero-order valence-corrected chi connectivity index (χ0v) is 20.9. The molecule has 4 atom stereocenters. The Morgan fingerprint density at radius 3 is 2.25 bits per heavy atom. The van der Waals surface area contributed by atoms with Crippen molar-refractivity contribution in [2.24, 2.45) is 11.8 Å². The summed E-state index contributed by atoms with van der Waals surface area (Å²) >= 11 is 0. The number of hydrogen-bond donors (Lipinski definition) is 1. The molecule has 1 heterocycles. The predicted octanol–water partition coefficient (Wildman–Crippen LogP) is 5.71. The fraction of sp³-hybridized carbons (Fsp3) is 0.885. The van der Waals surface area contributed by atoms with E-state index in [1.54, 1.807) is 6.92 Å². The number of amides is 1. The van der Waals surface area contributed by atoms with Crippen LogP contribution in [0.2, 0.25) is 0 Å². The Bertz CT molecular complexity index is 536. The zero-order chi connectivity index (χ0) is 23.8. The summed E-state index contributed by atoms with van der Waals surface area (Å²) in [5, 5.41) is 2.45. The van der Waals surface area contributed by atoms with Crippen LogP contribution in [0.5, 0.6) is 0 Å². The Morgan fingerprint density at radius 1 is 1.00 bits per heavy atom. The topological polar surface area (TPSA) is 81.7 Å². The van der Waals surface area contributed by atoms with E-state index in [4.69, 9.17) is 9.47 Å². The zero-order valence-electron chi connectivity index (χ0n) is 20.9. The largest absolute Gasteiger partial charge is 0.461 e. The maximum absolute atomic E-state index is 12.3. The van der Waals surface area contributed by atoms with Gasteiger partial charge in [0.25, 0.3) is 0 Å². The molecule has 1 amide bonds. The summed E-state index contributed by atoms with van der Waals surface area (Å²) in [5.74, 6) is 0.155. The lowest BCUT2D eigenvalue weighted by Crippen LogP contribution is -2.47. The second-order valence-electron chi connectivity index (χ2n) is 9.82. The standard InChI is InChI=1S/C26H47NO5/c1-5-6-7-9-13-16-22(31-25(29)21(4)27-19-28)18-24-23(26(30)32-24)17-14-11-8-10-12-15-20(2)3/h19-24H,5-18H2,1-4H3,(H,27,28). The van der Waals surface area contributed by atoms with E-state index < -0.39 is 12.0 Å². The molecule has 6 heteroatoms. The molecular formula is C26H47NO5. The van der Waals surface area contributed by atoms with Crippen LogP contribution in [0.4, 0.5) is 0 Å². The highest BCUT2D eigenvalue weighted by molar-refractivity contribution is 5.79. The fourth-order valence-electron chi connectivity index (χ4n) is 4.26. The van der Waals surface area contributed by atoms with Crippen molar-refractivity contribution in [2.75, 3.05) is 0 Å². The molecule has 0 spiro atoms. The van der Waals surface area contributed by atoms with E-state index in [0.717, 1.165) is 44.4 Å². The highest BCUT2D eigenvalue weighted by Crippen LogP contribution is 2.32. The Labute approximate surface area is 195 Å². The number of nitrogens with one attached hydrogen (secondary N) is 1. The lowest BCUT2D eigenvalue weighted by molar-refractivity contribution is -0.190. The smallest absolute Gasteiger partial charge is 0.328 e. The molecule has 4 unspecified atom stereocenters. The quantitative estimate of drug-likeness (QED) is 0.145. The second-order valence-corrected chi connectivity index (χ2v) is 9.82. The van der Waals surface area contributed by atoms with E-state index in [0.29, 0.717) is 12.8 Å². The third-order valence-electron chi connectivity index (χ3n) is 6.39. The molecule has 32 heavy (non-hydrogen) atoms. The van der Waals surface area contributed by atoms with Gasteiger partial charge in [-0.2, -0.15) is 0 Å². The summed E-state index contributed by atoms with van der Waals surface area (Å²) in [7, 11) is 0. The maximum atomic E-state index is 12.3. The first-order chi connectivity index (χ1) is 15.4. The van der Waals surface area contributed by atoms with Gasteiger partial charge in [-0.05, 0) is 32.1 Å². The van der Waals surface area contributed by atoms with Gasteiger partial charge in [-0.15, -0.1) is 0 Å². The van der Waals surface area contributed by atoms with Crippen LogP contribution < -0.4 is 5.32 Å². The third kappa shape index (κ3) is 11.9. The van der Waals surface area contributed by atoms with Crippen molar-refractivity contribution in [1.82, 2.24) is 5.32 Å². The second kappa shape index (κ2) is 17.0. The van der Waals surface area contributed by atoms with Crippen LogP contribution in [0.25, 0.3) is 0 Å². The molecule has 0 aromatic carbocycles. The maximum Gasteiger partial charge on any atom is 0.328 e. The molecule has 0 aliphatic carbocycles. The van der Waals surface area contributed by atoms with Crippen LogP contribution in [-0.2, 0) is 23.9 Å². The molecule has 0 radical (unpaired) electrons. The minimum atomic E-state index is -0.675. The van der Waals surface area contributed by atoms with Crippen molar-refractivity contribution in [3.63, 3.8) is 0 Å². The molecule has 1 saturated heterocycles. The summed E-state index contributed by atoms with van der Waals surface area (Å²) in [6.45, 7) is 8.32. The normalized spacial score (nSPS) is 19.7. The highest BCUT2D eigenvalue weighted by Gasteiger charge is 2.43. The van der Waals surface area contributed by atoms with Crippen molar-refractivity contribution in [1.29, 1.82) is 0 Å². The third-order valence-corrected chi connectivity index (χ3v) is 6.39. The minimum absolute atomic E-state index is 0.0718. The summed E-state index contributed by atoms with van der Waals surface area (Å²) in [6, 6.07) is -0.675. The Hall–Kier alpha value is -1.59. The van der Waals surface area contributed by atoms with E-state index in [2.05, 4.69) is 26.1 Å². The summed E-state index contributed by atoms with van der Waals surface area (Å²) in [5.41, 5.74) is 0. The first kappa shape index (κ1) is 28.4. The van der Waals surface area contributed by atoms with Crippen LogP contribution in [0.1, 0.15) is 118 Å². The van der Waals surface area contributed by atoms with E-state index in [1.165, 1.54) is 44.9 Å². The molecule has 6 nitrogen and oxygen atoms in total. The lowest BCUT2D eigenvalue weighted by Gasteiger charge is -2.37. The van der Waals surface area contributed by atoms with Gasteiger partial charge >= 0.3 is 11.9 Å². The van der Waals surface area contributed by atoms with Gasteiger partial charge in [0.2, 0.25) is 6.41 Å². The van der Waals surface area contributed by atoms with Gasteiger partial charge in [0.05, 0.1) is 5.92 Å². The molecule has 0 saturated carbocycles. The first-order valence-corrected chi connectivity index (χ1v) is 13.0. The summed E-state index contributed by atoms with van der Waals surface area (Å²) in [6.07, 6.45) is 15.2. The average molecular weight is 454 g/mol. The van der Waals surface area contributed by atoms with Gasteiger partial charge in [0.15, 0.2) is 0 Å². The lowest BCUT2D eigenvalue weighted by atomic mass is 9.86. The monoisotopic (exact) mass is 453 g/mol. The van der Waals surface area contributed by atoms with Gasteiger partial charge in [-0.25, -0.2) is 4.79 Å². The Kier molecular flexibility index (Phi) is 15.1. The molecule has 186 valence electrons. The molecule has 1 N–H and O–H groups in total. The van der Waals surface area contributed by atoms with Crippen molar-refractivity contribution in [3.8, 4) is 0 Å². The van der Waals surface area contributed by atoms with E-state index in [1.807, 2.05) is 0 Å². The molecular weight excluding hydrogens is 406 g/mol. The van der Waals surface area contributed by atoms with Crippen molar-refractivity contribution in [3.05, 3.63) is 0 Å². The first-order valence-electron chi connectivity index (χ1n) is 13.0. The van der Waals surface area contributed by atoms with Crippen LogP contribution in [0, 0.1) is 11.8 Å². The Morgan fingerprint density at radius 2 is 1.62 bits per heavy atom. The number of carbonyl (C=O) groups is 3. The van der Waals surface area contributed by atoms with E-state index in [-0.39, 0.29) is 24.1 Å². The van der Waals surface area contributed by atoms with Crippen molar-refractivity contribution in [2.45, 2.75) is 136 Å². The van der Waals surface area contributed by atoms with Gasteiger partial charge in [0.1, 0.15) is 18.2 Å². The number of unbranched alkanes of at least 4 members (excludes halogenated alkanes) is 8. The van der Waals surface area contributed by atoms with Crippen LogP contribution in [0.15, 0.2) is 0 Å². The number of esters is 2. The average Bonchev–Trinajstić information content (AvgIpc) is 2.74. The number of hydrogen-bond acceptors (Lipinski definition) is 5. The van der Waals surface area contributed by atoms with Gasteiger partial charge < -0.3 is 14.8 Å². The van der Waals surface area contributed by atoms with Gasteiger partial charge in [0, 0.05) is 6.42 Å². The van der Waals surface area contributed by atoms with Crippen LogP contribution >= 0.6 is 0 Å². The molecule has 1 aliphatic heterocycles. The van der Waals surface area contributed by atoms with Crippen LogP contribution in [-0.4, -0.2) is 36.6 Å².